The molecule has 0 saturated carbocycles. The Morgan fingerprint density at radius 2 is 1.07 bits per heavy atom. The fraction of sp³-hybridized carbons (Fsp3) is 0.314. The standard InChI is InChI=1S/C35H38N14O4S4/c1-34(2,3)24-22(26(36)48(46-24)20-12-7-10-18(16-20)28(50)51)38-40-30-42-44-32(56-30)54-14-9-15-55-33-45-43-31(57-33)41-39-23-25(35(4,5)6)47-49(27(23)37)21-13-8-11-19(17-21)29(52)53/h7-8,10-13,16-17H,9,14-15,36-37H2,1-6H3,(H,50,51)(H,52,53)/b40-38+,41-39+. The molecule has 18 nitrogen and oxygen atoms in total. The Morgan fingerprint density at radius 3 is 1.44 bits per heavy atom. The fourth-order valence-corrected chi connectivity index (χ4v) is 8.68. The summed E-state index contributed by atoms with van der Waals surface area (Å²) in [6.45, 7) is 11.9. The van der Waals surface area contributed by atoms with Gasteiger partial charge in [0.05, 0.1) is 33.9 Å². The van der Waals surface area contributed by atoms with E-state index in [9.17, 15) is 19.8 Å². The molecule has 0 atom stereocenters. The summed E-state index contributed by atoms with van der Waals surface area (Å²) in [5.74, 6) is -0.0984. The van der Waals surface area contributed by atoms with E-state index in [4.69, 9.17) is 11.5 Å². The molecule has 4 aromatic heterocycles. The van der Waals surface area contributed by atoms with Crippen molar-refractivity contribution in [3.8, 4) is 11.4 Å². The molecule has 6 rings (SSSR count). The number of carboxylic acid groups (broad SMARTS) is 2. The van der Waals surface area contributed by atoms with E-state index in [1.165, 1.54) is 56.3 Å². The number of hydrogen-bond donors (Lipinski definition) is 4. The Hall–Kier alpha value is -5.58. The van der Waals surface area contributed by atoms with Gasteiger partial charge in [-0.25, -0.2) is 19.0 Å². The van der Waals surface area contributed by atoms with E-state index in [1.54, 1.807) is 47.8 Å². The van der Waals surface area contributed by atoms with Crippen LogP contribution in [0.5, 0.6) is 0 Å². The van der Waals surface area contributed by atoms with E-state index in [0.29, 0.717) is 44.4 Å². The average Bonchev–Trinajstić information content (AvgIpc) is 3.95. The highest BCUT2D eigenvalue weighted by molar-refractivity contribution is 8.01. The summed E-state index contributed by atoms with van der Waals surface area (Å²) in [5, 5.41) is 63.2. The molecule has 296 valence electrons. The Kier molecular flexibility index (Phi) is 12.2. The van der Waals surface area contributed by atoms with Gasteiger partial charge in [0.2, 0.25) is 0 Å². The van der Waals surface area contributed by atoms with E-state index < -0.39 is 22.8 Å². The lowest BCUT2D eigenvalue weighted by Crippen LogP contribution is -2.13. The van der Waals surface area contributed by atoms with Crippen molar-refractivity contribution in [1.82, 2.24) is 40.0 Å². The number of anilines is 2. The molecule has 0 aliphatic heterocycles. The highest BCUT2D eigenvalue weighted by atomic mass is 32.2. The lowest BCUT2D eigenvalue weighted by Gasteiger charge is -2.15. The maximum absolute atomic E-state index is 11.5. The Morgan fingerprint density at radius 1 is 0.667 bits per heavy atom. The number of benzene rings is 2. The molecule has 6 aromatic rings. The monoisotopic (exact) mass is 846 g/mol. The summed E-state index contributed by atoms with van der Waals surface area (Å²) in [6.07, 6.45) is 0.851. The Balaban J connectivity index is 1.04. The van der Waals surface area contributed by atoms with Crippen LogP contribution in [-0.4, -0.2) is 73.6 Å². The molecule has 2 aromatic carbocycles. The van der Waals surface area contributed by atoms with Crippen molar-refractivity contribution >= 4 is 91.4 Å². The van der Waals surface area contributed by atoms with Crippen LogP contribution in [0.2, 0.25) is 0 Å². The maximum atomic E-state index is 11.5. The van der Waals surface area contributed by atoms with E-state index in [1.807, 2.05) is 41.5 Å². The second-order valence-electron chi connectivity index (χ2n) is 14.4. The minimum absolute atomic E-state index is 0.113. The van der Waals surface area contributed by atoms with Crippen LogP contribution in [0.4, 0.5) is 33.3 Å². The average molecular weight is 847 g/mol. The van der Waals surface area contributed by atoms with Gasteiger partial charge in [-0.3, -0.25) is 0 Å². The summed E-state index contributed by atoms with van der Waals surface area (Å²) >= 11 is 5.72. The third kappa shape index (κ3) is 9.70. The second kappa shape index (κ2) is 16.9. The summed E-state index contributed by atoms with van der Waals surface area (Å²) in [6, 6.07) is 12.7. The van der Waals surface area contributed by atoms with Gasteiger partial charge in [-0.2, -0.15) is 10.2 Å². The molecule has 4 heterocycles. The molecule has 0 spiro atoms. The zero-order valence-corrected chi connectivity index (χ0v) is 34.9. The first-order valence-electron chi connectivity index (χ1n) is 17.2. The van der Waals surface area contributed by atoms with Crippen LogP contribution in [0.15, 0.2) is 77.7 Å². The normalized spacial score (nSPS) is 12.3. The molecule has 22 heteroatoms. The maximum Gasteiger partial charge on any atom is 0.335 e. The van der Waals surface area contributed by atoms with Gasteiger partial charge in [-0.05, 0) is 42.8 Å². The van der Waals surface area contributed by atoms with E-state index >= 15 is 0 Å². The number of nitrogen functional groups attached to an aromatic ring is 2. The largest absolute Gasteiger partial charge is 0.478 e. The summed E-state index contributed by atoms with van der Waals surface area (Å²) in [4.78, 5) is 23.1. The van der Waals surface area contributed by atoms with Gasteiger partial charge in [0, 0.05) is 22.3 Å². The van der Waals surface area contributed by atoms with Crippen LogP contribution in [0, 0.1) is 0 Å². The number of aromatic nitrogens is 8. The lowest BCUT2D eigenvalue weighted by atomic mass is 9.91. The molecule has 0 aliphatic carbocycles. The molecular weight excluding hydrogens is 809 g/mol. The van der Waals surface area contributed by atoms with Crippen molar-refractivity contribution in [3.63, 3.8) is 0 Å². The van der Waals surface area contributed by atoms with E-state index in [-0.39, 0.29) is 22.8 Å². The van der Waals surface area contributed by atoms with Crippen molar-refractivity contribution in [2.45, 2.75) is 67.5 Å². The molecule has 0 aliphatic rings. The van der Waals surface area contributed by atoms with Gasteiger partial charge in [0.15, 0.2) is 31.7 Å². The van der Waals surface area contributed by atoms with Gasteiger partial charge in [0.25, 0.3) is 10.3 Å². The topological polar surface area (TPSA) is 263 Å². The number of aromatic carboxylic acids is 2. The van der Waals surface area contributed by atoms with Gasteiger partial charge in [-0.1, -0.05) is 99.9 Å². The zero-order chi connectivity index (χ0) is 41.1. The quantitative estimate of drug-likeness (QED) is 0.0453. The first-order chi connectivity index (χ1) is 27.0. The van der Waals surface area contributed by atoms with Gasteiger partial charge >= 0.3 is 11.9 Å². The molecule has 0 amide bonds. The zero-order valence-electron chi connectivity index (χ0n) is 31.6. The third-order valence-electron chi connectivity index (χ3n) is 7.89. The van der Waals surface area contributed by atoms with Crippen LogP contribution in [0.1, 0.15) is 80.1 Å². The molecule has 0 bridgehead atoms. The van der Waals surface area contributed by atoms with Gasteiger partial charge < -0.3 is 21.7 Å². The first-order valence-corrected chi connectivity index (χ1v) is 20.8. The number of thioether (sulfide) groups is 2. The number of rotatable bonds is 14. The molecule has 57 heavy (non-hydrogen) atoms. The van der Waals surface area contributed by atoms with Crippen LogP contribution in [0.3, 0.4) is 0 Å². The van der Waals surface area contributed by atoms with Gasteiger partial charge in [-0.15, -0.1) is 40.9 Å². The summed E-state index contributed by atoms with van der Waals surface area (Å²) in [7, 11) is 0. The molecule has 6 N–H and O–H groups in total. The number of carbonyl (C=O) groups is 2. The summed E-state index contributed by atoms with van der Waals surface area (Å²) < 4.78 is 4.42. The number of carboxylic acids is 2. The summed E-state index contributed by atoms with van der Waals surface area (Å²) in [5.41, 5.74) is 15.3. The van der Waals surface area contributed by atoms with Crippen molar-refractivity contribution in [2.75, 3.05) is 23.0 Å². The lowest BCUT2D eigenvalue weighted by molar-refractivity contribution is 0.0686. The minimum Gasteiger partial charge on any atom is -0.478 e. The number of hydrogen-bond acceptors (Lipinski definition) is 18. The van der Waals surface area contributed by atoms with E-state index in [0.717, 1.165) is 26.6 Å². The smallest absolute Gasteiger partial charge is 0.335 e. The van der Waals surface area contributed by atoms with Crippen LogP contribution in [0.25, 0.3) is 11.4 Å². The third-order valence-corrected chi connectivity index (χ3v) is 11.9. The number of nitrogens with two attached hydrogens (primary N) is 2. The number of nitrogens with zero attached hydrogens (tertiary/aromatic N) is 12. The SMILES string of the molecule is CC(C)(C)c1nn(-c2cccc(C(=O)O)c2)c(N)c1/N=N/c1nnc(SCCCSc2nnc(/N=N/c3c(C(C)(C)C)nn(-c4cccc(C(=O)O)c4)c3N)s2)s1. The Labute approximate surface area is 343 Å². The van der Waals surface area contributed by atoms with Crippen molar-refractivity contribution in [1.29, 1.82) is 0 Å². The highest BCUT2D eigenvalue weighted by Crippen LogP contribution is 2.40. The minimum atomic E-state index is -1.05. The van der Waals surface area contributed by atoms with Crippen LogP contribution >= 0.6 is 46.2 Å². The van der Waals surface area contributed by atoms with Crippen molar-refractivity contribution < 1.29 is 19.8 Å². The van der Waals surface area contributed by atoms with E-state index in [2.05, 4.69) is 51.0 Å². The highest BCUT2D eigenvalue weighted by Gasteiger charge is 2.28. The van der Waals surface area contributed by atoms with Crippen molar-refractivity contribution in [3.05, 3.63) is 71.0 Å². The van der Waals surface area contributed by atoms with Crippen LogP contribution < -0.4 is 11.5 Å². The molecule has 0 radical (unpaired) electrons. The fourth-order valence-electron chi connectivity index (χ4n) is 5.15. The Bertz CT molecular complexity index is 2320. The molecule has 0 saturated heterocycles. The van der Waals surface area contributed by atoms with Gasteiger partial charge in [0.1, 0.15) is 0 Å². The molecular formula is C35H38N14O4S4. The first kappa shape index (κ1) is 41.1. The predicted molar refractivity (Wildman–Crippen MR) is 222 cm³/mol. The van der Waals surface area contributed by atoms with Crippen LogP contribution in [-0.2, 0) is 10.8 Å². The second-order valence-corrected chi connectivity index (χ2v) is 18.9. The van der Waals surface area contributed by atoms with Crippen molar-refractivity contribution in [2.24, 2.45) is 20.5 Å². The molecule has 0 fully saturated rings. The predicted octanol–water partition coefficient (Wildman–Crippen LogP) is 9.02. The molecule has 0 unspecified atom stereocenters. The number of azo groups is 2.